The number of nitro groups is 1. The van der Waals surface area contributed by atoms with E-state index in [0.29, 0.717) is 0 Å². The second kappa shape index (κ2) is 5.09. The fraction of sp³-hybridized carbons (Fsp3) is 0.333. The number of rotatable bonds is 5. The highest BCUT2D eigenvalue weighted by atomic mass is 32.2. The van der Waals surface area contributed by atoms with Crippen molar-refractivity contribution < 1.29 is 17.7 Å². The molecule has 0 bridgehead atoms. The highest BCUT2D eigenvalue weighted by Gasteiger charge is 2.10. The minimum absolute atomic E-state index is 0.0410. The van der Waals surface area contributed by atoms with Gasteiger partial charge in [0.25, 0.3) is 5.69 Å². The molecule has 1 rings (SSSR count). The van der Waals surface area contributed by atoms with Gasteiger partial charge in [-0.15, -0.1) is 0 Å². The van der Waals surface area contributed by atoms with Gasteiger partial charge in [0, 0.05) is 18.9 Å². The smallest absolute Gasteiger partial charge is 0.272 e. The summed E-state index contributed by atoms with van der Waals surface area (Å²) in [6.45, 7) is 0.0492. The first-order valence-corrected chi connectivity index (χ1v) is 6.71. The number of nitro benzene ring substituents is 1. The van der Waals surface area contributed by atoms with E-state index in [9.17, 15) is 22.9 Å². The second-order valence-corrected chi connectivity index (χ2v) is 5.74. The standard InChI is InChI=1S/C9H11FN2O4S/c1-17(15,16)5-4-11-9-3-2-7(12(13)14)6-8(9)10/h2-3,6,11H,4-5H2,1H3. The number of halogens is 1. The van der Waals surface area contributed by atoms with E-state index in [0.717, 1.165) is 18.4 Å². The first-order chi connectivity index (χ1) is 7.79. The average molecular weight is 262 g/mol. The fourth-order valence-electron chi connectivity index (χ4n) is 1.13. The summed E-state index contributed by atoms with van der Waals surface area (Å²) in [5.41, 5.74) is -0.310. The Labute approximate surface area is 97.5 Å². The summed E-state index contributed by atoms with van der Waals surface area (Å²) in [6, 6.07) is 3.13. The zero-order chi connectivity index (χ0) is 13.1. The van der Waals surface area contributed by atoms with Crippen molar-refractivity contribution in [2.45, 2.75) is 0 Å². The van der Waals surface area contributed by atoms with Gasteiger partial charge in [-0.2, -0.15) is 0 Å². The lowest BCUT2D eigenvalue weighted by Gasteiger charge is -2.06. The monoisotopic (exact) mass is 262 g/mol. The molecular weight excluding hydrogens is 251 g/mol. The largest absolute Gasteiger partial charge is 0.382 e. The average Bonchev–Trinajstić information content (AvgIpc) is 2.18. The lowest BCUT2D eigenvalue weighted by Crippen LogP contribution is -2.14. The van der Waals surface area contributed by atoms with Crippen LogP contribution >= 0.6 is 0 Å². The van der Waals surface area contributed by atoms with Crippen molar-refractivity contribution in [2.75, 3.05) is 23.9 Å². The third kappa shape index (κ3) is 4.35. The maximum Gasteiger partial charge on any atom is 0.272 e. The molecule has 94 valence electrons. The number of anilines is 1. The van der Waals surface area contributed by atoms with Crippen molar-refractivity contribution >= 4 is 21.2 Å². The molecule has 0 heterocycles. The highest BCUT2D eigenvalue weighted by molar-refractivity contribution is 7.90. The van der Waals surface area contributed by atoms with Gasteiger partial charge in [0.2, 0.25) is 0 Å². The summed E-state index contributed by atoms with van der Waals surface area (Å²) in [4.78, 5) is 9.64. The van der Waals surface area contributed by atoms with Crippen LogP contribution in [-0.2, 0) is 9.84 Å². The van der Waals surface area contributed by atoms with Crippen LogP contribution in [0.25, 0.3) is 0 Å². The molecular formula is C9H11FN2O4S. The molecule has 0 amide bonds. The first kappa shape index (κ1) is 13.4. The Balaban J connectivity index is 2.70. The molecule has 0 aliphatic carbocycles. The van der Waals surface area contributed by atoms with Crippen LogP contribution in [0.2, 0.25) is 0 Å². The summed E-state index contributed by atoms with van der Waals surface area (Å²) >= 11 is 0. The number of sulfone groups is 1. The zero-order valence-electron chi connectivity index (χ0n) is 9.01. The van der Waals surface area contributed by atoms with E-state index in [1.807, 2.05) is 0 Å². The van der Waals surface area contributed by atoms with Crippen molar-refractivity contribution in [2.24, 2.45) is 0 Å². The van der Waals surface area contributed by atoms with Gasteiger partial charge in [-0.1, -0.05) is 0 Å². The molecule has 0 saturated heterocycles. The topological polar surface area (TPSA) is 89.3 Å². The molecule has 0 saturated carbocycles. The van der Waals surface area contributed by atoms with Gasteiger partial charge < -0.3 is 5.32 Å². The minimum atomic E-state index is -3.12. The molecule has 1 aromatic rings. The number of non-ortho nitro benzene ring substituents is 1. The molecule has 17 heavy (non-hydrogen) atoms. The second-order valence-electron chi connectivity index (χ2n) is 3.48. The summed E-state index contributed by atoms with van der Waals surface area (Å²) in [5.74, 6) is -0.920. The fourth-order valence-corrected chi connectivity index (χ4v) is 1.60. The molecule has 0 fully saturated rings. The molecule has 6 nitrogen and oxygen atoms in total. The van der Waals surface area contributed by atoms with E-state index in [4.69, 9.17) is 0 Å². The molecule has 0 atom stereocenters. The van der Waals surface area contributed by atoms with Crippen LogP contribution in [0.15, 0.2) is 18.2 Å². The predicted molar refractivity (Wildman–Crippen MR) is 61.3 cm³/mol. The van der Waals surface area contributed by atoms with Crippen molar-refractivity contribution in [3.8, 4) is 0 Å². The van der Waals surface area contributed by atoms with Crippen LogP contribution < -0.4 is 5.32 Å². The van der Waals surface area contributed by atoms with Crippen LogP contribution in [0.4, 0.5) is 15.8 Å². The normalized spacial score (nSPS) is 11.2. The van der Waals surface area contributed by atoms with Gasteiger partial charge in [0.1, 0.15) is 9.84 Å². The molecule has 1 aromatic carbocycles. The van der Waals surface area contributed by atoms with E-state index in [2.05, 4.69) is 5.32 Å². The van der Waals surface area contributed by atoms with Crippen molar-refractivity contribution in [1.82, 2.24) is 0 Å². The first-order valence-electron chi connectivity index (χ1n) is 4.65. The summed E-state index contributed by atoms with van der Waals surface area (Å²) in [6.07, 6.45) is 1.07. The Hall–Kier alpha value is -1.70. The predicted octanol–water partition coefficient (Wildman–Crippen LogP) is 1.19. The Morgan fingerprint density at radius 1 is 1.47 bits per heavy atom. The van der Waals surface area contributed by atoms with Crippen molar-refractivity contribution in [3.05, 3.63) is 34.1 Å². The quantitative estimate of drug-likeness (QED) is 0.636. The van der Waals surface area contributed by atoms with Crippen LogP contribution in [0, 0.1) is 15.9 Å². The van der Waals surface area contributed by atoms with Gasteiger partial charge in [-0.05, 0) is 6.07 Å². The molecule has 0 aliphatic rings. The number of benzene rings is 1. The number of nitrogens with one attached hydrogen (secondary N) is 1. The third-order valence-corrected chi connectivity index (χ3v) is 2.90. The lowest BCUT2D eigenvalue weighted by molar-refractivity contribution is -0.385. The SMILES string of the molecule is CS(=O)(=O)CCNc1ccc([N+](=O)[O-])cc1F. The lowest BCUT2D eigenvalue weighted by atomic mass is 10.2. The van der Waals surface area contributed by atoms with E-state index < -0.39 is 20.6 Å². The van der Waals surface area contributed by atoms with Crippen LogP contribution in [0.1, 0.15) is 0 Å². The van der Waals surface area contributed by atoms with E-state index >= 15 is 0 Å². The van der Waals surface area contributed by atoms with Crippen LogP contribution in [0.5, 0.6) is 0 Å². The van der Waals surface area contributed by atoms with Gasteiger partial charge in [0.05, 0.1) is 22.4 Å². The van der Waals surface area contributed by atoms with E-state index in [1.165, 1.54) is 6.07 Å². The Morgan fingerprint density at radius 3 is 2.59 bits per heavy atom. The van der Waals surface area contributed by atoms with Crippen LogP contribution in [-0.4, -0.2) is 31.9 Å². The van der Waals surface area contributed by atoms with Gasteiger partial charge in [-0.25, -0.2) is 12.8 Å². The maximum absolute atomic E-state index is 13.3. The Kier molecular flexibility index (Phi) is 4.00. The summed E-state index contributed by atoms with van der Waals surface area (Å²) in [5, 5.41) is 12.9. The molecule has 8 heteroatoms. The van der Waals surface area contributed by atoms with Gasteiger partial charge in [-0.3, -0.25) is 10.1 Å². The Bertz CT molecular complexity index is 530. The molecule has 0 unspecified atom stereocenters. The van der Waals surface area contributed by atoms with Crippen LogP contribution in [0.3, 0.4) is 0 Å². The summed E-state index contributed by atoms with van der Waals surface area (Å²) < 4.78 is 35.0. The maximum atomic E-state index is 13.3. The molecule has 0 radical (unpaired) electrons. The van der Waals surface area contributed by atoms with Crippen molar-refractivity contribution in [3.63, 3.8) is 0 Å². The number of hydrogen-bond donors (Lipinski definition) is 1. The Morgan fingerprint density at radius 2 is 2.12 bits per heavy atom. The van der Waals surface area contributed by atoms with Gasteiger partial charge in [0.15, 0.2) is 5.82 Å². The molecule has 1 N–H and O–H groups in total. The minimum Gasteiger partial charge on any atom is -0.382 e. The molecule has 0 aliphatic heterocycles. The summed E-state index contributed by atoms with van der Waals surface area (Å²) in [7, 11) is -3.12. The van der Waals surface area contributed by atoms with Crippen molar-refractivity contribution in [1.29, 1.82) is 0 Å². The molecule has 0 spiro atoms. The number of hydrogen-bond acceptors (Lipinski definition) is 5. The zero-order valence-corrected chi connectivity index (χ0v) is 9.83. The van der Waals surface area contributed by atoms with E-state index in [1.54, 1.807) is 0 Å². The highest BCUT2D eigenvalue weighted by Crippen LogP contribution is 2.20. The molecule has 0 aromatic heterocycles. The number of nitrogens with zero attached hydrogens (tertiary/aromatic N) is 1. The van der Waals surface area contributed by atoms with E-state index in [-0.39, 0.29) is 23.7 Å². The van der Waals surface area contributed by atoms with Gasteiger partial charge >= 0.3 is 0 Å². The third-order valence-electron chi connectivity index (χ3n) is 1.95.